The van der Waals surface area contributed by atoms with Gasteiger partial charge in [0.2, 0.25) is 0 Å². The molecule has 1 saturated heterocycles. The van der Waals surface area contributed by atoms with E-state index >= 15 is 0 Å². The molecule has 102 valence electrons. The fourth-order valence-electron chi connectivity index (χ4n) is 2.42. The smallest absolute Gasteiger partial charge is 0.152 e. The minimum absolute atomic E-state index is 0.201. The number of hydrogen-bond acceptors (Lipinski definition) is 5. The standard InChI is InChI=1S/C14H18N2O3/c1-16(13-4-6-19-7-5-13)9-11-2-3-14(15-18)12(8-11)10-17/h2-3,8,10,13H,4-7,9H2,1H3. The van der Waals surface area contributed by atoms with Crippen molar-refractivity contribution in [1.82, 2.24) is 4.90 Å². The third kappa shape index (κ3) is 3.45. The summed E-state index contributed by atoms with van der Waals surface area (Å²) in [6.07, 6.45) is 2.74. The van der Waals surface area contributed by atoms with Crippen LogP contribution in [0.15, 0.2) is 23.4 Å². The highest BCUT2D eigenvalue weighted by molar-refractivity contribution is 5.83. The molecule has 0 aliphatic carbocycles. The number of carbonyl (C=O) groups excluding carboxylic acids is 1. The predicted molar refractivity (Wildman–Crippen MR) is 72.6 cm³/mol. The van der Waals surface area contributed by atoms with Gasteiger partial charge in [0.1, 0.15) is 5.69 Å². The van der Waals surface area contributed by atoms with Gasteiger partial charge in [0, 0.05) is 31.4 Å². The number of rotatable bonds is 5. The first-order valence-corrected chi connectivity index (χ1v) is 6.44. The van der Waals surface area contributed by atoms with Gasteiger partial charge in [0.15, 0.2) is 6.29 Å². The lowest BCUT2D eigenvalue weighted by molar-refractivity contribution is 0.0407. The summed E-state index contributed by atoms with van der Waals surface area (Å²) in [7, 11) is 2.07. The SMILES string of the molecule is CN(Cc1ccc(N=O)c(C=O)c1)C1CCOCC1. The van der Waals surface area contributed by atoms with Gasteiger partial charge < -0.3 is 4.74 Å². The fourth-order valence-corrected chi connectivity index (χ4v) is 2.42. The zero-order valence-corrected chi connectivity index (χ0v) is 11.0. The molecule has 0 spiro atoms. The van der Waals surface area contributed by atoms with Crippen LogP contribution < -0.4 is 0 Å². The van der Waals surface area contributed by atoms with Crippen LogP contribution in [-0.2, 0) is 11.3 Å². The second-order valence-electron chi connectivity index (χ2n) is 4.86. The second-order valence-corrected chi connectivity index (χ2v) is 4.86. The maximum absolute atomic E-state index is 10.9. The van der Waals surface area contributed by atoms with Gasteiger partial charge in [0.05, 0.1) is 0 Å². The van der Waals surface area contributed by atoms with Crippen LogP contribution in [-0.4, -0.2) is 37.5 Å². The Kier molecular flexibility index (Phi) is 4.76. The summed E-state index contributed by atoms with van der Waals surface area (Å²) in [6, 6.07) is 5.69. The molecule has 5 nitrogen and oxygen atoms in total. The first-order chi connectivity index (χ1) is 9.24. The molecular formula is C14H18N2O3. The van der Waals surface area contributed by atoms with Crippen molar-refractivity contribution in [3.63, 3.8) is 0 Å². The lowest BCUT2D eigenvalue weighted by atomic mass is 10.1. The van der Waals surface area contributed by atoms with Crippen LogP contribution in [0, 0.1) is 4.91 Å². The van der Waals surface area contributed by atoms with E-state index in [1.165, 1.54) is 0 Å². The Labute approximate surface area is 112 Å². The highest BCUT2D eigenvalue weighted by atomic mass is 16.5. The van der Waals surface area contributed by atoms with Gasteiger partial charge in [0.25, 0.3) is 0 Å². The first kappa shape index (κ1) is 13.8. The lowest BCUT2D eigenvalue weighted by Crippen LogP contribution is -2.36. The van der Waals surface area contributed by atoms with E-state index in [2.05, 4.69) is 17.1 Å². The van der Waals surface area contributed by atoms with Crippen molar-refractivity contribution in [2.24, 2.45) is 5.18 Å². The molecule has 0 saturated carbocycles. The maximum Gasteiger partial charge on any atom is 0.152 e. The van der Waals surface area contributed by atoms with Crippen molar-refractivity contribution in [1.29, 1.82) is 0 Å². The molecule has 5 heteroatoms. The molecule has 1 aliphatic heterocycles. The van der Waals surface area contributed by atoms with Crippen LogP contribution in [0.2, 0.25) is 0 Å². The Morgan fingerprint density at radius 1 is 1.42 bits per heavy atom. The highest BCUT2D eigenvalue weighted by Gasteiger charge is 2.18. The normalized spacial score (nSPS) is 16.5. The van der Waals surface area contributed by atoms with Crippen LogP contribution in [0.5, 0.6) is 0 Å². The van der Waals surface area contributed by atoms with Gasteiger partial charge in [-0.2, -0.15) is 0 Å². The molecule has 1 aromatic carbocycles. The van der Waals surface area contributed by atoms with E-state index < -0.39 is 0 Å². The number of carbonyl (C=O) groups is 1. The molecule has 0 aromatic heterocycles. The van der Waals surface area contributed by atoms with E-state index in [9.17, 15) is 9.70 Å². The van der Waals surface area contributed by atoms with Crippen molar-refractivity contribution < 1.29 is 9.53 Å². The van der Waals surface area contributed by atoms with E-state index in [-0.39, 0.29) is 5.69 Å². The third-order valence-corrected chi connectivity index (χ3v) is 3.56. The average molecular weight is 262 g/mol. The Bertz CT molecular complexity index is 456. The van der Waals surface area contributed by atoms with Gasteiger partial charge in [-0.05, 0) is 42.8 Å². The van der Waals surface area contributed by atoms with Gasteiger partial charge in [-0.15, -0.1) is 4.91 Å². The van der Waals surface area contributed by atoms with Crippen molar-refractivity contribution >= 4 is 12.0 Å². The topological polar surface area (TPSA) is 59.0 Å². The van der Waals surface area contributed by atoms with E-state index in [0.717, 1.165) is 38.2 Å². The molecule has 1 aliphatic rings. The zero-order chi connectivity index (χ0) is 13.7. The molecule has 0 N–H and O–H groups in total. The second kappa shape index (κ2) is 6.54. The quantitative estimate of drug-likeness (QED) is 0.604. The number of benzene rings is 1. The summed E-state index contributed by atoms with van der Waals surface area (Å²) in [4.78, 5) is 23.7. The van der Waals surface area contributed by atoms with E-state index in [0.29, 0.717) is 17.9 Å². The molecule has 1 aromatic rings. The fraction of sp³-hybridized carbons (Fsp3) is 0.500. The molecule has 1 heterocycles. The van der Waals surface area contributed by atoms with Crippen LogP contribution in [0.4, 0.5) is 5.69 Å². The number of nitroso groups, excluding NO2 is 1. The molecule has 2 rings (SSSR count). The highest BCUT2D eigenvalue weighted by Crippen LogP contribution is 2.21. The number of ether oxygens (including phenoxy) is 1. The lowest BCUT2D eigenvalue weighted by Gasteiger charge is -2.31. The first-order valence-electron chi connectivity index (χ1n) is 6.44. The summed E-state index contributed by atoms with van der Waals surface area (Å²) < 4.78 is 5.35. The van der Waals surface area contributed by atoms with Crippen LogP contribution >= 0.6 is 0 Å². The minimum Gasteiger partial charge on any atom is -0.381 e. The number of nitrogens with zero attached hydrogens (tertiary/aromatic N) is 2. The summed E-state index contributed by atoms with van der Waals surface area (Å²) in [5, 5.41) is 2.84. The monoisotopic (exact) mass is 262 g/mol. The van der Waals surface area contributed by atoms with Gasteiger partial charge in [-0.1, -0.05) is 6.07 Å². The Balaban J connectivity index is 2.05. The van der Waals surface area contributed by atoms with Crippen LogP contribution in [0.1, 0.15) is 28.8 Å². The average Bonchev–Trinajstić information content (AvgIpc) is 2.48. The minimum atomic E-state index is 0.201. The largest absolute Gasteiger partial charge is 0.381 e. The van der Waals surface area contributed by atoms with E-state index in [4.69, 9.17) is 4.74 Å². The Morgan fingerprint density at radius 2 is 2.16 bits per heavy atom. The Morgan fingerprint density at radius 3 is 2.79 bits per heavy atom. The van der Waals surface area contributed by atoms with Gasteiger partial charge in [-0.25, -0.2) is 0 Å². The van der Waals surface area contributed by atoms with Gasteiger partial charge >= 0.3 is 0 Å². The molecule has 0 bridgehead atoms. The van der Waals surface area contributed by atoms with Crippen molar-refractivity contribution in [3.8, 4) is 0 Å². The predicted octanol–water partition coefficient (Wildman–Crippen LogP) is 2.51. The summed E-state index contributed by atoms with van der Waals surface area (Å²) >= 11 is 0. The molecule has 1 fully saturated rings. The van der Waals surface area contributed by atoms with Crippen molar-refractivity contribution in [3.05, 3.63) is 34.2 Å². The molecule has 0 unspecified atom stereocenters. The van der Waals surface area contributed by atoms with Crippen LogP contribution in [0.25, 0.3) is 0 Å². The summed E-state index contributed by atoms with van der Waals surface area (Å²) in [5.74, 6) is 0. The molecular weight excluding hydrogens is 244 g/mol. The van der Waals surface area contributed by atoms with Crippen LogP contribution in [0.3, 0.4) is 0 Å². The molecule has 0 amide bonds. The Hall–Kier alpha value is -1.59. The van der Waals surface area contributed by atoms with Gasteiger partial charge in [-0.3, -0.25) is 9.69 Å². The van der Waals surface area contributed by atoms with E-state index in [1.807, 2.05) is 6.07 Å². The maximum atomic E-state index is 10.9. The number of aldehydes is 1. The molecule has 19 heavy (non-hydrogen) atoms. The third-order valence-electron chi connectivity index (χ3n) is 3.56. The summed E-state index contributed by atoms with van der Waals surface area (Å²) in [6.45, 7) is 2.37. The molecule has 0 radical (unpaired) electrons. The van der Waals surface area contributed by atoms with Crippen molar-refractivity contribution in [2.45, 2.75) is 25.4 Å². The summed E-state index contributed by atoms with van der Waals surface area (Å²) in [5.41, 5.74) is 1.57. The van der Waals surface area contributed by atoms with Crippen molar-refractivity contribution in [2.75, 3.05) is 20.3 Å². The zero-order valence-electron chi connectivity index (χ0n) is 11.0. The van der Waals surface area contributed by atoms with E-state index in [1.54, 1.807) is 12.1 Å². The number of hydrogen-bond donors (Lipinski definition) is 0. The molecule has 0 atom stereocenters.